The first kappa shape index (κ1) is 16.1. The number of ether oxygens (including phenoxy) is 1. The highest BCUT2D eigenvalue weighted by atomic mass is 16.5. The van der Waals surface area contributed by atoms with Crippen LogP contribution in [0.5, 0.6) is 0 Å². The summed E-state index contributed by atoms with van der Waals surface area (Å²) in [5.74, 6) is 0.234. The fourth-order valence-corrected chi connectivity index (χ4v) is 3.28. The Morgan fingerprint density at radius 1 is 1.00 bits per heavy atom. The van der Waals surface area contributed by atoms with Gasteiger partial charge in [0.25, 0.3) is 0 Å². The number of nitrogens with one attached hydrogen (secondary N) is 1. The van der Waals surface area contributed by atoms with Gasteiger partial charge in [0.05, 0.1) is 18.0 Å². The maximum atomic E-state index is 12.3. The van der Waals surface area contributed by atoms with E-state index in [1.165, 1.54) is 7.11 Å². The second-order valence-electron chi connectivity index (χ2n) is 6.22. The normalized spacial score (nSPS) is 11.0. The average Bonchev–Trinajstić information content (AvgIpc) is 2.65. The van der Waals surface area contributed by atoms with Crippen LogP contribution in [0.2, 0.25) is 0 Å². The SMILES string of the molecule is COC(=O)c1ccccc1-c1c2ccc(=N)cc-2oc2cc(C)ccc12. The molecule has 0 atom stereocenters. The summed E-state index contributed by atoms with van der Waals surface area (Å²) < 4.78 is 11.0. The largest absolute Gasteiger partial charge is 0.465 e. The third-order valence-electron chi connectivity index (χ3n) is 4.48. The number of aryl methyl sites for hydroxylation is 1. The van der Waals surface area contributed by atoms with E-state index in [4.69, 9.17) is 14.6 Å². The molecule has 0 unspecified atom stereocenters. The van der Waals surface area contributed by atoms with Gasteiger partial charge < -0.3 is 14.6 Å². The Balaban J connectivity index is 2.18. The van der Waals surface area contributed by atoms with Crippen LogP contribution in [0.15, 0.2) is 65.1 Å². The van der Waals surface area contributed by atoms with Gasteiger partial charge in [-0.15, -0.1) is 0 Å². The predicted octanol–water partition coefficient (Wildman–Crippen LogP) is 4.78. The van der Waals surface area contributed by atoms with E-state index in [0.29, 0.717) is 16.7 Å². The molecule has 0 spiro atoms. The second kappa shape index (κ2) is 6.15. The molecule has 0 fully saturated rings. The van der Waals surface area contributed by atoms with E-state index >= 15 is 0 Å². The number of carbonyl (C=O) groups excluding carboxylic acids is 1. The van der Waals surface area contributed by atoms with E-state index in [1.807, 2.05) is 49.4 Å². The molecule has 0 saturated heterocycles. The third-order valence-corrected chi connectivity index (χ3v) is 4.48. The molecule has 0 amide bonds. The summed E-state index contributed by atoms with van der Waals surface area (Å²) in [5, 5.41) is 9.20. The molecule has 0 aromatic heterocycles. The summed E-state index contributed by atoms with van der Waals surface area (Å²) in [6.45, 7) is 2.00. The molecule has 128 valence electrons. The van der Waals surface area contributed by atoms with Crippen LogP contribution in [-0.4, -0.2) is 13.1 Å². The van der Waals surface area contributed by atoms with Crippen LogP contribution < -0.4 is 5.36 Å². The standard InChI is InChI=1S/C22H17NO3/c1-13-7-9-17-19(11-13)26-20-12-14(23)8-10-18(20)21(17)15-5-3-4-6-16(15)22(24)25-2/h3-12,23H,1-2H3. The van der Waals surface area contributed by atoms with Gasteiger partial charge >= 0.3 is 5.97 Å². The van der Waals surface area contributed by atoms with Crippen molar-refractivity contribution in [3.63, 3.8) is 0 Å². The first-order chi connectivity index (χ1) is 12.6. The molecular weight excluding hydrogens is 326 g/mol. The number of fused-ring (bicyclic) bond motifs is 2. The van der Waals surface area contributed by atoms with Gasteiger partial charge in [-0.25, -0.2) is 4.79 Å². The number of carbonyl (C=O) groups is 1. The van der Waals surface area contributed by atoms with Crippen molar-refractivity contribution in [2.45, 2.75) is 6.92 Å². The molecule has 1 aliphatic carbocycles. The Labute approximate surface area is 150 Å². The van der Waals surface area contributed by atoms with Crippen LogP contribution >= 0.6 is 0 Å². The van der Waals surface area contributed by atoms with Crippen LogP contribution in [0.25, 0.3) is 33.4 Å². The minimum Gasteiger partial charge on any atom is -0.465 e. The Morgan fingerprint density at radius 2 is 1.81 bits per heavy atom. The average molecular weight is 343 g/mol. The Hall–Kier alpha value is -3.40. The summed E-state index contributed by atoms with van der Waals surface area (Å²) in [5.41, 5.74) is 4.84. The molecule has 2 aliphatic rings. The highest BCUT2D eigenvalue weighted by molar-refractivity contribution is 6.07. The topological polar surface area (TPSA) is 63.3 Å². The number of hydrogen-bond acceptors (Lipinski definition) is 4. The fraction of sp³-hybridized carbons (Fsp3) is 0.0909. The van der Waals surface area contributed by atoms with Crippen molar-refractivity contribution in [1.82, 2.24) is 0 Å². The number of esters is 1. The Kier molecular flexibility index (Phi) is 3.81. The van der Waals surface area contributed by atoms with Crippen LogP contribution in [0.1, 0.15) is 15.9 Å². The lowest BCUT2D eigenvalue weighted by Gasteiger charge is -2.17. The van der Waals surface area contributed by atoms with Crippen LogP contribution in [-0.2, 0) is 4.74 Å². The first-order valence-electron chi connectivity index (χ1n) is 8.28. The van der Waals surface area contributed by atoms with E-state index in [1.54, 1.807) is 18.2 Å². The molecule has 2 aromatic rings. The van der Waals surface area contributed by atoms with Crippen molar-refractivity contribution in [1.29, 1.82) is 5.41 Å². The van der Waals surface area contributed by atoms with Gasteiger partial charge in [0, 0.05) is 22.6 Å². The molecule has 4 nitrogen and oxygen atoms in total. The van der Waals surface area contributed by atoms with Gasteiger partial charge in [-0.05, 0) is 42.3 Å². The van der Waals surface area contributed by atoms with Crippen LogP contribution in [0.3, 0.4) is 0 Å². The zero-order valence-corrected chi connectivity index (χ0v) is 14.5. The zero-order valence-electron chi connectivity index (χ0n) is 14.5. The van der Waals surface area contributed by atoms with Gasteiger partial charge in [0.15, 0.2) is 0 Å². The van der Waals surface area contributed by atoms with E-state index in [-0.39, 0.29) is 5.97 Å². The van der Waals surface area contributed by atoms with Gasteiger partial charge in [0.2, 0.25) is 0 Å². The molecule has 0 bridgehead atoms. The molecule has 26 heavy (non-hydrogen) atoms. The first-order valence-corrected chi connectivity index (χ1v) is 8.28. The highest BCUT2D eigenvalue weighted by Gasteiger charge is 2.21. The fourth-order valence-electron chi connectivity index (χ4n) is 3.28. The predicted molar refractivity (Wildman–Crippen MR) is 100 cm³/mol. The maximum Gasteiger partial charge on any atom is 0.338 e. The number of benzene rings is 3. The molecule has 2 aromatic carbocycles. The highest BCUT2D eigenvalue weighted by Crippen LogP contribution is 2.41. The summed E-state index contributed by atoms with van der Waals surface area (Å²) in [7, 11) is 1.38. The van der Waals surface area contributed by atoms with E-state index in [9.17, 15) is 4.79 Å². The van der Waals surface area contributed by atoms with Crippen LogP contribution in [0.4, 0.5) is 0 Å². The van der Waals surface area contributed by atoms with Crippen molar-refractivity contribution in [2.75, 3.05) is 7.11 Å². The van der Waals surface area contributed by atoms with Crippen molar-refractivity contribution in [3.05, 3.63) is 77.1 Å². The quantitative estimate of drug-likeness (QED) is 0.421. The Bertz CT molecular complexity index is 1170. The minimum atomic E-state index is -0.382. The van der Waals surface area contributed by atoms with E-state index in [0.717, 1.165) is 33.2 Å². The lowest BCUT2D eigenvalue weighted by atomic mass is 9.90. The lowest BCUT2D eigenvalue weighted by Crippen LogP contribution is -2.05. The molecule has 1 aliphatic heterocycles. The second-order valence-corrected chi connectivity index (χ2v) is 6.22. The van der Waals surface area contributed by atoms with Gasteiger partial charge in [-0.1, -0.05) is 30.3 Å². The van der Waals surface area contributed by atoms with E-state index in [2.05, 4.69) is 0 Å². The minimum absolute atomic E-state index is 0.375. The van der Waals surface area contributed by atoms with Crippen molar-refractivity contribution >= 4 is 16.9 Å². The van der Waals surface area contributed by atoms with Gasteiger partial charge in [-0.3, -0.25) is 0 Å². The smallest absolute Gasteiger partial charge is 0.338 e. The molecule has 1 heterocycles. The molecule has 4 heteroatoms. The molecular formula is C22H17NO3. The summed E-state index contributed by atoms with van der Waals surface area (Å²) in [6, 6.07) is 18.7. The van der Waals surface area contributed by atoms with Crippen molar-refractivity contribution < 1.29 is 13.9 Å². The summed E-state index contributed by atoms with van der Waals surface area (Å²) >= 11 is 0. The molecule has 1 N–H and O–H groups in total. The third kappa shape index (κ3) is 2.56. The molecule has 0 saturated carbocycles. The zero-order chi connectivity index (χ0) is 18.3. The van der Waals surface area contributed by atoms with Crippen LogP contribution in [0, 0.1) is 12.3 Å². The maximum absolute atomic E-state index is 12.3. The number of rotatable bonds is 2. The molecule has 4 rings (SSSR count). The summed E-state index contributed by atoms with van der Waals surface area (Å²) in [6.07, 6.45) is 0. The van der Waals surface area contributed by atoms with Gasteiger partial charge in [0.1, 0.15) is 11.3 Å². The summed E-state index contributed by atoms with van der Waals surface area (Å²) in [4.78, 5) is 12.3. The van der Waals surface area contributed by atoms with E-state index < -0.39 is 0 Å². The number of methoxy groups -OCH3 is 1. The monoisotopic (exact) mass is 343 g/mol. The lowest BCUT2D eigenvalue weighted by molar-refractivity contribution is 0.0601. The van der Waals surface area contributed by atoms with Gasteiger partial charge in [-0.2, -0.15) is 0 Å². The number of hydrogen-bond donors (Lipinski definition) is 1. The van der Waals surface area contributed by atoms with Crippen molar-refractivity contribution in [3.8, 4) is 22.5 Å². The Morgan fingerprint density at radius 3 is 2.62 bits per heavy atom. The molecule has 0 radical (unpaired) electrons. The van der Waals surface area contributed by atoms with Crippen molar-refractivity contribution in [2.24, 2.45) is 0 Å².